The van der Waals surface area contributed by atoms with Crippen molar-refractivity contribution in [1.82, 2.24) is 10.2 Å². The van der Waals surface area contributed by atoms with Crippen LogP contribution in [0.2, 0.25) is 0 Å². The van der Waals surface area contributed by atoms with Crippen LogP contribution in [0.1, 0.15) is 18.9 Å². The first-order valence-electron chi connectivity index (χ1n) is 6.99. The number of benzene rings is 1. The quantitative estimate of drug-likeness (QED) is 0.767. The summed E-state index contributed by atoms with van der Waals surface area (Å²) in [5.74, 6) is -1.09. The number of carboxylic acids is 1. The Kier molecular flexibility index (Phi) is 4.80. The Morgan fingerprint density at radius 3 is 2.67 bits per heavy atom. The summed E-state index contributed by atoms with van der Waals surface area (Å²) < 4.78 is 0. The number of urea groups is 1. The van der Waals surface area contributed by atoms with Crippen LogP contribution in [0.5, 0.6) is 0 Å². The van der Waals surface area contributed by atoms with E-state index < -0.39 is 24.1 Å². The lowest BCUT2D eigenvalue weighted by Gasteiger charge is -2.24. The molecule has 0 aliphatic carbocycles. The Bertz CT molecular complexity index is 506. The van der Waals surface area contributed by atoms with E-state index in [0.717, 1.165) is 5.56 Å². The molecule has 1 aromatic rings. The van der Waals surface area contributed by atoms with E-state index in [4.69, 9.17) is 5.11 Å². The molecule has 3 N–H and O–H groups in total. The lowest BCUT2D eigenvalue weighted by Crippen LogP contribution is -2.49. The number of nitrogens with zero attached hydrogens (tertiary/aromatic N) is 1. The topological polar surface area (TPSA) is 89.9 Å². The molecular formula is C15H20N2O4. The number of nitrogens with one attached hydrogen (secondary N) is 1. The highest BCUT2D eigenvalue weighted by Gasteiger charge is 2.39. The third-order valence-electron chi connectivity index (χ3n) is 3.58. The summed E-state index contributed by atoms with van der Waals surface area (Å²) in [6.07, 6.45) is -0.0300. The zero-order valence-corrected chi connectivity index (χ0v) is 11.9. The largest absolute Gasteiger partial charge is 0.480 e. The highest BCUT2D eigenvalue weighted by atomic mass is 16.4. The minimum atomic E-state index is -1.09. The molecule has 1 unspecified atom stereocenters. The van der Waals surface area contributed by atoms with Crippen LogP contribution in [0, 0.1) is 0 Å². The van der Waals surface area contributed by atoms with Gasteiger partial charge in [0.1, 0.15) is 6.04 Å². The van der Waals surface area contributed by atoms with Crippen LogP contribution in [0.25, 0.3) is 0 Å². The molecule has 6 nitrogen and oxygen atoms in total. The van der Waals surface area contributed by atoms with Crippen molar-refractivity contribution in [1.29, 1.82) is 0 Å². The van der Waals surface area contributed by atoms with Gasteiger partial charge in [-0.25, -0.2) is 9.59 Å². The monoisotopic (exact) mass is 292 g/mol. The average Bonchev–Trinajstić information content (AvgIpc) is 2.82. The van der Waals surface area contributed by atoms with Gasteiger partial charge in [-0.2, -0.15) is 0 Å². The van der Waals surface area contributed by atoms with Crippen LogP contribution in [0.4, 0.5) is 4.79 Å². The molecule has 6 heteroatoms. The van der Waals surface area contributed by atoms with Crippen molar-refractivity contribution in [2.75, 3.05) is 6.54 Å². The average molecular weight is 292 g/mol. The van der Waals surface area contributed by atoms with Gasteiger partial charge in [-0.1, -0.05) is 30.3 Å². The van der Waals surface area contributed by atoms with Crippen LogP contribution >= 0.6 is 0 Å². The number of amides is 2. The van der Waals surface area contributed by atoms with E-state index in [1.54, 1.807) is 0 Å². The fourth-order valence-electron chi connectivity index (χ4n) is 2.58. The van der Waals surface area contributed by atoms with E-state index in [2.05, 4.69) is 5.32 Å². The van der Waals surface area contributed by atoms with Gasteiger partial charge in [0.25, 0.3) is 0 Å². The lowest BCUT2D eigenvalue weighted by atomic mass is 10.1. The van der Waals surface area contributed by atoms with Crippen molar-refractivity contribution in [3.63, 3.8) is 0 Å². The minimum Gasteiger partial charge on any atom is -0.480 e. The SMILES string of the molecule is CC(Cc1ccccc1)NC(=O)N1C[C@H](O)C[C@@H]1C(=O)O. The molecule has 21 heavy (non-hydrogen) atoms. The summed E-state index contributed by atoms with van der Waals surface area (Å²) in [4.78, 5) is 24.4. The Labute approximate surface area is 123 Å². The van der Waals surface area contributed by atoms with Crippen LogP contribution in [0.3, 0.4) is 0 Å². The molecule has 0 spiro atoms. The van der Waals surface area contributed by atoms with Crippen molar-refractivity contribution in [3.05, 3.63) is 35.9 Å². The summed E-state index contributed by atoms with van der Waals surface area (Å²) in [7, 11) is 0. The molecule has 0 aromatic heterocycles. The summed E-state index contributed by atoms with van der Waals surface area (Å²) in [6, 6.07) is 8.22. The standard InChI is InChI=1S/C15H20N2O4/c1-10(7-11-5-3-2-4-6-11)16-15(21)17-9-12(18)8-13(17)14(19)20/h2-6,10,12-13,18H,7-9H2,1H3,(H,16,21)(H,19,20)/t10?,12-,13-/m1/s1. The zero-order valence-electron chi connectivity index (χ0n) is 11.9. The van der Waals surface area contributed by atoms with Crippen LogP contribution in [-0.4, -0.2) is 51.8 Å². The smallest absolute Gasteiger partial charge is 0.326 e. The normalized spacial score (nSPS) is 22.9. The number of carbonyl (C=O) groups excluding carboxylic acids is 1. The maximum Gasteiger partial charge on any atom is 0.326 e. The Balaban J connectivity index is 1.92. The highest BCUT2D eigenvalue weighted by molar-refractivity contribution is 5.83. The Hall–Kier alpha value is -2.08. The molecule has 0 saturated carbocycles. The third-order valence-corrected chi connectivity index (χ3v) is 3.58. The zero-order chi connectivity index (χ0) is 15.4. The predicted molar refractivity (Wildman–Crippen MR) is 76.9 cm³/mol. The van der Waals surface area contributed by atoms with Crippen LogP contribution in [0.15, 0.2) is 30.3 Å². The number of hydrogen-bond acceptors (Lipinski definition) is 3. The van der Waals surface area contributed by atoms with E-state index in [-0.39, 0.29) is 19.0 Å². The second-order valence-electron chi connectivity index (χ2n) is 5.44. The first kappa shape index (κ1) is 15.3. The van der Waals surface area contributed by atoms with Crippen molar-refractivity contribution in [2.45, 2.75) is 38.0 Å². The van der Waals surface area contributed by atoms with Gasteiger partial charge in [0.05, 0.1) is 6.10 Å². The van der Waals surface area contributed by atoms with Crippen LogP contribution < -0.4 is 5.32 Å². The van der Waals surface area contributed by atoms with E-state index in [1.165, 1.54) is 4.90 Å². The molecule has 1 aliphatic heterocycles. The molecule has 1 aliphatic rings. The van der Waals surface area contributed by atoms with Gasteiger partial charge in [-0.05, 0) is 18.9 Å². The van der Waals surface area contributed by atoms with Crippen molar-refractivity contribution in [2.24, 2.45) is 0 Å². The van der Waals surface area contributed by atoms with Gasteiger partial charge in [0.2, 0.25) is 0 Å². The predicted octanol–water partition coefficient (Wildman–Crippen LogP) is 0.847. The molecular weight excluding hydrogens is 272 g/mol. The first-order valence-corrected chi connectivity index (χ1v) is 6.99. The molecule has 1 saturated heterocycles. The highest BCUT2D eigenvalue weighted by Crippen LogP contribution is 2.18. The van der Waals surface area contributed by atoms with Crippen molar-refractivity contribution >= 4 is 12.0 Å². The fraction of sp³-hybridized carbons (Fsp3) is 0.467. The molecule has 0 bridgehead atoms. The van der Waals surface area contributed by atoms with Gasteiger partial charge in [0, 0.05) is 19.0 Å². The number of aliphatic hydroxyl groups excluding tert-OH is 1. The molecule has 114 valence electrons. The fourth-order valence-corrected chi connectivity index (χ4v) is 2.58. The molecule has 0 radical (unpaired) electrons. The number of carbonyl (C=O) groups is 2. The summed E-state index contributed by atoms with van der Waals surface area (Å²) >= 11 is 0. The van der Waals surface area contributed by atoms with Gasteiger partial charge in [0.15, 0.2) is 0 Å². The van der Waals surface area contributed by atoms with E-state index in [0.29, 0.717) is 6.42 Å². The lowest BCUT2D eigenvalue weighted by molar-refractivity contribution is -0.141. The second-order valence-corrected chi connectivity index (χ2v) is 5.44. The molecule has 2 rings (SSSR count). The molecule has 3 atom stereocenters. The number of carboxylic acid groups (broad SMARTS) is 1. The number of β-amino-alcohol motifs (C(OH)–C–C–N with tert-alkyl or cyclic N) is 1. The minimum absolute atomic E-state index is 0.0564. The van der Waals surface area contributed by atoms with E-state index >= 15 is 0 Å². The number of aliphatic hydroxyl groups is 1. The Morgan fingerprint density at radius 2 is 2.05 bits per heavy atom. The summed E-state index contributed by atoms with van der Waals surface area (Å²) in [5.41, 5.74) is 1.10. The maximum absolute atomic E-state index is 12.1. The van der Waals surface area contributed by atoms with E-state index in [1.807, 2.05) is 37.3 Å². The molecule has 1 heterocycles. The number of likely N-dealkylation sites (tertiary alicyclic amines) is 1. The van der Waals surface area contributed by atoms with Crippen LogP contribution in [-0.2, 0) is 11.2 Å². The maximum atomic E-state index is 12.1. The van der Waals surface area contributed by atoms with Crippen molar-refractivity contribution < 1.29 is 19.8 Å². The molecule has 2 amide bonds. The third kappa shape index (κ3) is 3.95. The number of hydrogen-bond donors (Lipinski definition) is 3. The summed E-state index contributed by atoms with van der Waals surface area (Å²) in [5, 5.41) is 21.4. The number of aliphatic carboxylic acids is 1. The Morgan fingerprint density at radius 1 is 1.38 bits per heavy atom. The van der Waals surface area contributed by atoms with Crippen molar-refractivity contribution in [3.8, 4) is 0 Å². The molecule has 1 aromatic carbocycles. The van der Waals surface area contributed by atoms with Gasteiger partial charge >= 0.3 is 12.0 Å². The van der Waals surface area contributed by atoms with E-state index in [9.17, 15) is 14.7 Å². The van der Waals surface area contributed by atoms with Gasteiger partial charge < -0.3 is 20.4 Å². The second kappa shape index (κ2) is 6.58. The summed E-state index contributed by atoms with van der Waals surface area (Å²) in [6.45, 7) is 1.92. The van der Waals surface area contributed by atoms with Gasteiger partial charge in [-0.3, -0.25) is 0 Å². The number of rotatable bonds is 4. The van der Waals surface area contributed by atoms with Gasteiger partial charge in [-0.15, -0.1) is 0 Å². The molecule has 1 fully saturated rings. The first-order chi connectivity index (χ1) is 9.97.